The molecule has 0 radical (unpaired) electrons. The highest BCUT2D eigenvalue weighted by Crippen LogP contribution is 2.15. The summed E-state index contributed by atoms with van der Waals surface area (Å²) in [5, 5.41) is 2.95. The Morgan fingerprint density at radius 1 is 1.29 bits per heavy atom. The predicted molar refractivity (Wildman–Crippen MR) is 90.2 cm³/mol. The molecule has 0 aliphatic heterocycles. The van der Waals surface area contributed by atoms with E-state index < -0.39 is 11.4 Å². The first kappa shape index (κ1) is 17.7. The molecular weight excluding hydrogens is 312 g/mol. The SMILES string of the molecule is CCOC(=O)c1c[nH]c2ccc(NC(=O)COC(C)C)cc2c1=O. The van der Waals surface area contributed by atoms with Crippen molar-refractivity contribution in [3.05, 3.63) is 40.2 Å². The minimum absolute atomic E-state index is 0.0534. The second kappa shape index (κ2) is 7.74. The number of anilines is 1. The quantitative estimate of drug-likeness (QED) is 0.789. The van der Waals surface area contributed by atoms with Crippen molar-refractivity contribution in [1.29, 1.82) is 0 Å². The van der Waals surface area contributed by atoms with Gasteiger partial charge in [0.25, 0.3) is 0 Å². The Bertz CT molecular complexity index is 810. The number of esters is 1. The van der Waals surface area contributed by atoms with E-state index in [1.54, 1.807) is 19.1 Å². The molecule has 0 atom stereocenters. The number of aromatic amines is 1. The lowest BCUT2D eigenvalue weighted by atomic mass is 10.1. The summed E-state index contributed by atoms with van der Waals surface area (Å²) in [5.74, 6) is -0.999. The summed E-state index contributed by atoms with van der Waals surface area (Å²) in [6, 6.07) is 4.84. The number of hydrogen-bond donors (Lipinski definition) is 2. The van der Waals surface area contributed by atoms with Gasteiger partial charge in [-0.1, -0.05) is 0 Å². The molecule has 0 fully saturated rings. The van der Waals surface area contributed by atoms with E-state index in [0.29, 0.717) is 16.6 Å². The first-order valence-electron chi connectivity index (χ1n) is 7.66. The minimum Gasteiger partial charge on any atom is -0.462 e. The van der Waals surface area contributed by atoms with Crippen molar-refractivity contribution in [2.45, 2.75) is 26.9 Å². The van der Waals surface area contributed by atoms with Crippen LogP contribution in [0.3, 0.4) is 0 Å². The zero-order valence-electron chi connectivity index (χ0n) is 13.8. The van der Waals surface area contributed by atoms with E-state index in [0.717, 1.165) is 0 Å². The largest absolute Gasteiger partial charge is 0.462 e. The fraction of sp³-hybridized carbons (Fsp3) is 0.353. The lowest BCUT2D eigenvalue weighted by Gasteiger charge is -2.09. The molecule has 1 aromatic carbocycles. The highest BCUT2D eigenvalue weighted by molar-refractivity contribution is 5.97. The molecule has 0 bridgehead atoms. The van der Waals surface area contributed by atoms with E-state index in [4.69, 9.17) is 9.47 Å². The molecular formula is C17H20N2O5. The molecule has 0 aliphatic carbocycles. The van der Waals surface area contributed by atoms with E-state index in [1.165, 1.54) is 12.3 Å². The molecule has 128 valence electrons. The molecule has 2 aromatic rings. The molecule has 0 saturated carbocycles. The van der Waals surface area contributed by atoms with Gasteiger partial charge in [0.1, 0.15) is 12.2 Å². The summed E-state index contributed by atoms with van der Waals surface area (Å²) >= 11 is 0. The third-order valence-electron chi connectivity index (χ3n) is 3.21. The van der Waals surface area contributed by atoms with Crippen LogP contribution in [-0.4, -0.2) is 36.2 Å². The van der Waals surface area contributed by atoms with Gasteiger partial charge in [-0.2, -0.15) is 0 Å². The second-order valence-electron chi connectivity index (χ2n) is 5.42. The summed E-state index contributed by atoms with van der Waals surface area (Å²) < 4.78 is 10.1. The fourth-order valence-electron chi connectivity index (χ4n) is 2.10. The van der Waals surface area contributed by atoms with Crippen LogP contribution in [0.5, 0.6) is 0 Å². The van der Waals surface area contributed by atoms with E-state index >= 15 is 0 Å². The number of carbonyl (C=O) groups is 2. The summed E-state index contributed by atoms with van der Waals surface area (Å²) in [4.78, 5) is 38.9. The van der Waals surface area contributed by atoms with Crippen molar-refractivity contribution in [2.24, 2.45) is 0 Å². The molecule has 0 saturated heterocycles. The van der Waals surface area contributed by atoms with Gasteiger partial charge in [-0.05, 0) is 39.0 Å². The minimum atomic E-state index is -0.680. The topological polar surface area (TPSA) is 97.5 Å². The van der Waals surface area contributed by atoms with Crippen molar-refractivity contribution < 1.29 is 19.1 Å². The Morgan fingerprint density at radius 3 is 2.71 bits per heavy atom. The maximum Gasteiger partial charge on any atom is 0.343 e. The van der Waals surface area contributed by atoms with Gasteiger partial charge in [0.15, 0.2) is 0 Å². The third-order valence-corrected chi connectivity index (χ3v) is 3.21. The van der Waals surface area contributed by atoms with Gasteiger partial charge in [0.05, 0.1) is 12.7 Å². The summed E-state index contributed by atoms with van der Waals surface area (Å²) in [5.41, 5.74) is 0.489. The fourth-order valence-corrected chi connectivity index (χ4v) is 2.10. The molecule has 0 unspecified atom stereocenters. The Labute approximate surface area is 139 Å². The Kier molecular flexibility index (Phi) is 5.70. The van der Waals surface area contributed by atoms with Crippen LogP contribution in [0.15, 0.2) is 29.2 Å². The van der Waals surface area contributed by atoms with Crippen molar-refractivity contribution in [3.8, 4) is 0 Å². The number of amides is 1. The number of hydrogen-bond acceptors (Lipinski definition) is 5. The molecule has 7 nitrogen and oxygen atoms in total. The second-order valence-corrected chi connectivity index (χ2v) is 5.42. The van der Waals surface area contributed by atoms with Crippen LogP contribution in [0.1, 0.15) is 31.1 Å². The predicted octanol–water partition coefficient (Wildman–Crippen LogP) is 2.07. The lowest BCUT2D eigenvalue weighted by molar-refractivity contribution is -0.121. The van der Waals surface area contributed by atoms with Gasteiger partial charge < -0.3 is 19.8 Å². The Hall–Kier alpha value is -2.67. The molecule has 2 N–H and O–H groups in total. The van der Waals surface area contributed by atoms with Crippen molar-refractivity contribution in [1.82, 2.24) is 4.98 Å². The lowest BCUT2D eigenvalue weighted by Crippen LogP contribution is -2.21. The average molecular weight is 332 g/mol. The summed E-state index contributed by atoms with van der Waals surface area (Å²) in [6.45, 7) is 5.44. The van der Waals surface area contributed by atoms with Crippen molar-refractivity contribution in [2.75, 3.05) is 18.5 Å². The van der Waals surface area contributed by atoms with Gasteiger partial charge in [0, 0.05) is 22.8 Å². The number of ether oxygens (including phenoxy) is 2. The van der Waals surface area contributed by atoms with E-state index in [-0.39, 0.29) is 30.8 Å². The number of carbonyl (C=O) groups excluding carboxylic acids is 2. The number of aromatic nitrogens is 1. The number of benzene rings is 1. The van der Waals surface area contributed by atoms with Gasteiger partial charge in [0.2, 0.25) is 11.3 Å². The number of rotatable bonds is 6. The maximum atomic E-state index is 12.4. The monoisotopic (exact) mass is 332 g/mol. The van der Waals surface area contributed by atoms with E-state index in [2.05, 4.69) is 10.3 Å². The van der Waals surface area contributed by atoms with Crippen molar-refractivity contribution >= 4 is 28.5 Å². The molecule has 1 amide bonds. The summed E-state index contributed by atoms with van der Waals surface area (Å²) in [7, 11) is 0. The summed E-state index contributed by atoms with van der Waals surface area (Å²) in [6.07, 6.45) is 1.28. The molecule has 1 heterocycles. The van der Waals surface area contributed by atoms with Crippen LogP contribution in [0.25, 0.3) is 10.9 Å². The Balaban J connectivity index is 2.28. The van der Waals surface area contributed by atoms with E-state index in [9.17, 15) is 14.4 Å². The van der Waals surface area contributed by atoms with Crippen LogP contribution in [-0.2, 0) is 14.3 Å². The molecule has 7 heteroatoms. The van der Waals surface area contributed by atoms with E-state index in [1.807, 2.05) is 13.8 Å². The smallest absolute Gasteiger partial charge is 0.343 e. The zero-order valence-corrected chi connectivity index (χ0v) is 13.8. The average Bonchev–Trinajstić information content (AvgIpc) is 2.54. The molecule has 2 rings (SSSR count). The molecule has 0 aliphatic rings. The van der Waals surface area contributed by atoms with Gasteiger partial charge >= 0.3 is 5.97 Å². The Morgan fingerprint density at radius 2 is 2.04 bits per heavy atom. The first-order chi connectivity index (χ1) is 11.4. The van der Waals surface area contributed by atoms with Crippen LogP contribution < -0.4 is 10.7 Å². The standard InChI is InChI=1S/C17H20N2O5/c1-4-23-17(22)13-8-18-14-6-5-11(7-12(14)16(13)21)19-15(20)9-24-10(2)3/h5-8,10H,4,9H2,1-3H3,(H,18,21)(H,19,20). The molecule has 0 spiro atoms. The highest BCUT2D eigenvalue weighted by Gasteiger charge is 2.14. The number of nitrogens with one attached hydrogen (secondary N) is 2. The number of fused-ring (bicyclic) bond motifs is 1. The zero-order chi connectivity index (χ0) is 17.7. The van der Waals surface area contributed by atoms with Crippen molar-refractivity contribution in [3.63, 3.8) is 0 Å². The third kappa shape index (κ3) is 4.20. The maximum absolute atomic E-state index is 12.4. The van der Waals surface area contributed by atoms with Gasteiger partial charge in [-0.15, -0.1) is 0 Å². The van der Waals surface area contributed by atoms with Crippen LogP contribution >= 0.6 is 0 Å². The van der Waals surface area contributed by atoms with Gasteiger partial charge in [-0.25, -0.2) is 4.79 Å². The number of H-pyrrole nitrogens is 1. The van der Waals surface area contributed by atoms with Crippen LogP contribution in [0.4, 0.5) is 5.69 Å². The van der Waals surface area contributed by atoms with Gasteiger partial charge in [-0.3, -0.25) is 9.59 Å². The number of pyridine rings is 1. The van der Waals surface area contributed by atoms with Crippen LogP contribution in [0.2, 0.25) is 0 Å². The highest BCUT2D eigenvalue weighted by atomic mass is 16.5. The van der Waals surface area contributed by atoms with Crippen LogP contribution in [0, 0.1) is 0 Å². The molecule has 1 aromatic heterocycles. The first-order valence-corrected chi connectivity index (χ1v) is 7.66. The molecule has 24 heavy (non-hydrogen) atoms. The normalized spacial score (nSPS) is 10.8.